The summed E-state index contributed by atoms with van der Waals surface area (Å²) in [5, 5.41) is 0. The molecule has 0 heterocycles. The zero-order valence-corrected chi connectivity index (χ0v) is 15.6. The fourth-order valence-corrected chi connectivity index (χ4v) is 0. The average molecular weight is 338 g/mol. The quantitative estimate of drug-likeness (QED) is 0.435. The van der Waals surface area contributed by atoms with Gasteiger partial charge in [-0.1, -0.05) is 0 Å². The van der Waals surface area contributed by atoms with Gasteiger partial charge < -0.3 is 14.5 Å². The van der Waals surface area contributed by atoms with Gasteiger partial charge in [-0.25, -0.2) is 19.7 Å². The van der Waals surface area contributed by atoms with Crippen LogP contribution in [0.5, 0.6) is 0 Å². The Balaban J connectivity index is -0.0000000944. The largest absolute Gasteiger partial charge is 0.311 e. The number of nitrogens with zero attached hydrogens (tertiary/aromatic N) is 4. The molecule has 0 aliphatic heterocycles. The number of hydrogen-bond acceptors (Lipinski definition) is 2. The molecule has 0 aromatic heterocycles. The monoisotopic (exact) mass is 338 g/mol. The SMILES string of the molecule is O=[N][Co].[C-]#[N+]C(C)(C)C.[C-]#[N+]C(C)(C)C.[C-]#[N+]C(C)(C)C. The summed E-state index contributed by atoms with van der Waals surface area (Å²) in [7, 11) is 0. The molecule has 0 saturated heterocycles. The first-order valence-electron chi connectivity index (χ1n) is 6.17. The van der Waals surface area contributed by atoms with Crippen molar-refractivity contribution in [1.82, 2.24) is 0 Å². The van der Waals surface area contributed by atoms with Gasteiger partial charge in [0.1, 0.15) is 0 Å². The maximum atomic E-state index is 8.42. The van der Waals surface area contributed by atoms with Gasteiger partial charge in [0.2, 0.25) is 16.6 Å². The van der Waals surface area contributed by atoms with E-state index in [1.807, 2.05) is 66.5 Å². The number of rotatable bonds is 0. The third kappa shape index (κ3) is 88.9. The van der Waals surface area contributed by atoms with Crippen LogP contribution in [0.25, 0.3) is 14.5 Å². The molecule has 0 N–H and O–H groups in total. The smallest absolute Gasteiger partial charge is 0.224 e. The van der Waals surface area contributed by atoms with Gasteiger partial charge in [0, 0.05) is 62.3 Å². The second-order valence-corrected chi connectivity index (χ2v) is 7.10. The third-order valence-electron chi connectivity index (χ3n) is 1.01. The Hall–Kier alpha value is -1.42. The molecular weight excluding hydrogens is 311 g/mol. The van der Waals surface area contributed by atoms with Gasteiger partial charge in [0.05, 0.1) is 0 Å². The fraction of sp³-hybridized carbons (Fsp3) is 0.800. The zero-order chi connectivity index (χ0) is 18.3. The van der Waals surface area contributed by atoms with Crippen molar-refractivity contribution in [2.45, 2.75) is 78.9 Å². The third-order valence-corrected chi connectivity index (χ3v) is 1.01. The molecule has 0 saturated carbocycles. The molecule has 5 nitrogen and oxygen atoms in total. The van der Waals surface area contributed by atoms with Crippen LogP contribution in [-0.2, 0) is 16.0 Å². The maximum Gasteiger partial charge on any atom is 0.224 e. The molecule has 0 radical (unpaired) electrons. The summed E-state index contributed by atoms with van der Waals surface area (Å²) in [6.07, 6.45) is 0. The molecule has 122 valence electrons. The van der Waals surface area contributed by atoms with Crippen LogP contribution in [0.1, 0.15) is 62.3 Å². The summed E-state index contributed by atoms with van der Waals surface area (Å²) in [6, 6.07) is 0. The van der Waals surface area contributed by atoms with Crippen LogP contribution in [-0.4, -0.2) is 16.6 Å². The van der Waals surface area contributed by atoms with Crippen LogP contribution in [0.2, 0.25) is 0 Å². The maximum absolute atomic E-state index is 8.42. The van der Waals surface area contributed by atoms with E-state index in [1.54, 1.807) is 0 Å². The van der Waals surface area contributed by atoms with E-state index in [0.717, 1.165) is 0 Å². The molecule has 0 fully saturated rings. The Morgan fingerprint density at radius 1 is 0.667 bits per heavy atom. The van der Waals surface area contributed by atoms with Gasteiger partial charge in [-0.15, -0.1) is 0 Å². The van der Waals surface area contributed by atoms with Crippen molar-refractivity contribution in [2.24, 2.45) is 4.23 Å². The van der Waals surface area contributed by atoms with Crippen molar-refractivity contribution < 1.29 is 16.0 Å². The van der Waals surface area contributed by atoms with Gasteiger partial charge in [-0.2, -0.15) is 0 Å². The van der Waals surface area contributed by atoms with Crippen molar-refractivity contribution >= 4 is 0 Å². The summed E-state index contributed by atoms with van der Waals surface area (Å²) in [6.45, 7) is 36.4. The van der Waals surface area contributed by atoms with Crippen LogP contribution >= 0.6 is 0 Å². The number of nitroso groups, excluding NO2 is 1. The van der Waals surface area contributed by atoms with Crippen molar-refractivity contribution in [3.8, 4) is 0 Å². The molecule has 0 bridgehead atoms. The average Bonchev–Trinajstić information content (AvgIpc) is 2.29. The van der Waals surface area contributed by atoms with Gasteiger partial charge in [-0.3, -0.25) is 0 Å². The van der Waals surface area contributed by atoms with E-state index in [2.05, 4.69) is 30.5 Å². The molecule has 0 atom stereocenters. The summed E-state index contributed by atoms with van der Waals surface area (Å²) in [4.78, 5) is 18.2. The molecule has 6 heteroatoms. The number of hydrogen-bond donors (Lipinski definition) is 0. The summed E-state index contributed by atoms with van der Waals surface area (Å²) in [5.41, 5.74) is -0.500. The van der Waals surface area contributed by atoms with Gasteiger partial charge in [0.15, 0.2) is 0 Å². The first-order chi connectivity index (χ1) is 9.10. The molecule has 0 amide bonds. The topological polar surface area (TPSA) is 42.5 Å². The zero-order valence-electron chi connectivity index (χ0n) is 14.5. The first kappa shape index (κ1) is 27.8. The van der Waals surface area contributed by atoms with E-state index in [4.69, 9.17) is 24.6 Å². The van der Waals surface area contributed by atoms with E-state index in [-0.39, 0.29) is 16.6 Å². The van der Waals surface area contributed by atoms with Gasteiger partial charge >= 0.3 is 25.1 Å². The minimum atomic E-state index is -0.167. The first-order valence-corrected chi connectivity index (χ1v) is 6.64. The molecule has 0 rings (SSSR count). The van der Waals surface area contributed by atoms with Crippen LogP contribution in [0, 0.1) is 24.6 Å². The summed E-state index contributed by atoms with van der Waals surface area (Å²) < 4.78 is 1.94. The molecule has 0 aromatic carbocycles. The van der Waals surface area contributed by atoms with Crippen LogP contribution in [0.4, 0.5) is 0 Å². The molecule has 0 unspecified atom stereocenters. The predicted octanol–water partition coefficient (Wildman–Crippen LogP) is 5.33. The normalized spacial score (nSPS) is 9.52. The predicted molar refractivity (Wildman–Crippen MR) is 84.9 cm³/mol. The second kappa shape index (κ2) is 13.6. The van der Waals surface area contributed by atoms with E-state index in [0.29, 0.717) is 0 Å². The Kier molecular flexibility index (Phi) is 18.0. The van der Waals surface area contributed by atoms with Gasteiger partial charge in [-0.05, 0) is 0 Å². The molecule has 0 aliphatic carbocycles. The standard InChI is InChI=1S/3C5H9N.Co.NO/c3*1-5(2,3)6-4;;1-2/h3*1-3H3;;/q;;;+1;-1. The molecular formula is C15H27CoN4O. The molecule has 0 aromatic rings. The van der Waals surface area contributed by atoms with Crippen molar-refractivity contribution in [3.05, 3.63) is 39.2 Å². The molecule has 21 heavy (non-hydrogen) atoms. The molecule has 0 spiro atoms. The second-order valence-electron chi connectivity index (χ2n) is 6.91. The Morgan fingerprint density at radius 3 is 0.714 bits per heavy atom. The van der Waals surface area contributed by atoms with Crippen molar-refractivity contribution in [2.75, 3.05) is 0 Å². The summed E-state index contributed by atoms with van der Waals surface area (Å²) in [5.74, 6) is 0. The van der Waals surface area contributed by atoms with Crippen LogP contribution < -0.4 is 0 Å². The van der Waals surface area contributed by atoms with Crippen molar-refractivity contribution in [3.63, 3.8) is 0 Å². The Labute approximate surface area is 138 Å². The minimum Gasteiger partial charge on any atom is -0.311 e. The Bertz CT molecular complexity index is 322. The van der Waals surface area contributed by atoms with E-state index >= 15 is 0 Å². The van der Waals surface area contributed by atoms with Crippen molar-refractivity contribution in [1.29, 1.82) is 0 Å². The van der Waals surface area contributed by atoms with E-state index < -0.39 is 0 Å². The van der Waals surface area contributed by atoms with E-state index in [9.17, 15) is 0 Å². The van der Waals surface area contributed by atoms with Gasteiger partial charge in [0.25, 0.3) is 0 Å². The minimum absolute atomic E-state index is 0.167. The van der Waals surface area contributed by atoms with E-state index in [1.165, 1.54) is 0 Å². The fourth-order valence-electron chi connectivity index (χ4n) is 0. The van der Waals surface area contributed by atoms with Crippen LogP contribution in [0.15, 0.2) is 4.23 Å². The molecule has 0 aliphatic rings. The van der Waals surface area contributed by atoms with Crippen LogP contribution in [0.3, 0.4) is 0 Å². The summed E-state index contributed by atoms with van der Waals surface area (Å²) >= 11 is 2.90. The Morgan fingerprint density at radius 2 is 0.714 bits per heavy atom.